The fourth-order valence-electron chi connectivity index (χ4n) is 0.815. The number of hydrogen-bond acceptors (Lipinski definition) is 1. The third-order valence-corrected chi connectivity index (χ3v) is 1.23. The fraction of sp³-hybridized carbons (Fsp3) is 0. The first-order valence-electron chi connectivity index (χ1n) is 2.77. The highest BCUT2D eigenvalue weighted by atomic mass is 15.2. The van der Waals surface area contributed by atoms with Crippen LogP contribution in [0.2, 0.25) is 0 Å². The lowest BCUT2D eigenvalue weighted by atomic mass is 10.5. The molecule has 1 radical (unpaired) electrons. The van der Waals surface area contributed by atoms with Gasteiger partial charge in [0, 0.05) is 18.5 Å². The van der Waals surface area contributed by atoms with Gasteiger partial charge in [0.1, 0.15) is 0 Å². The molecule has 0 aliphatic heterocycles. The number of hydrogen-bond donors (Lipinski definition) is 0. The summed E-state index contributed by atoms with van der Waals surface area (Å²) in [5.74, 6) is 0. The van der Waals surface area contributed by atoms with E-state index in [4.69, 9.17) is 0 Å². The number of aromatic nitrogens is 2. The van der Waals surface area contributed by atoms with Gasteiger partial charge >= 0.3 is 0 Å². The van der Waals surface area contributed by atoms with Crippen LogP contribution in [-0.2, 0) is 0 Å². The van der Waals surface area contributed by atoms with E-state index in [-0.39, 0.29) is 0 Å². The zero-order chi connectivity index (χ0) is 6.10. The van der Waals surface area contributed by atoms with Crippen molar-refractivity contribution >= 4 is 5.52 Å². The van der Waals surface area contributed by atoms with Crippen molar-refractivity contribution in [3.8, 4) is 0 Å². The second-order valence-electron chi connectivity index (χ2n) is 1.81. The second kappa shape index (κ2) is 1.58. The maximum Gasteiger partial charge on any atom is 0.0725 e. The molecule has 2 rings (SSSR count). The zero-order valence-corrected chi connectivity index (χ0v) is 4.78. The minimum atomic E-state index is 1.01. The summed E-state index contributed by atoms with van der Waals surface area (Å²) in [4.78, 5) is 0. The molecule has 2 heteroatoms. The van der Waals surface area contributed by atoms with Crippen molar-refractivity contribution in [3.05, 3.63) is 36.7 Å². The van der Waals surface area contributed by atoms with Crippen molar-refractivity contribution in [1.29, 1.82) is 0 Å². The van der Waals surface area contributed by atoms with Crippen LogP contribution in [0.25, 0.3) is 5.52 Å². The van der Waals surface area contributed by atoms with Crippen LogP contribution in [-0.4, -0.2) is 9.61 Å². The average molecular weight is 117 g/mol. The summed E-state index contributed by atoms with van der Waals surface area (Å²) >= 11 is 0. The molecule has 0 amide bonds. The zero-order valence-electron chi connectivity index (χ0n) is 4.78. The molecule has 0 aliphatic rings. The Bertz CT molecular complexity index is 281. The molecule has 2 nitrogen and oxygen atoms in total. The molecule has 0 saturated carbocycles. The Morgan fingerprint density at radius 2 is 2.56 bits per heavy atom. The van der Waals surface area contributed by atoms with Crippen LogP contribution in [0, 0.1) is 6.07 Å². The first kappa shape index (κ1) is 4.56. The lowest BCUT2D eigenvalue weighted by Gasteiger charge is -1.86. The third-order valence-electron chi connectivity index (χ3n) is 1.23. The molecular weight excluding hydrogens is 112 g/mol. The molecule has 0 aliphatic carbocycles. The maximum absolute atomic E-state index is 4.03. The molecule has 2 aromatic heterocycles. The van der Waals surface area contributed by atoms with Crippen LogP contribution < -0.4 is 0 Å². The predicted molar refractivity (Wildman–Crippen MR) is 34.0 cm³/mol. The highest BCUT2D eigenvalue weighted by molar-refractivity contribution is 5.43. The lowest BCUT2D eigenvalue weighted by Crippen LogP contribution is -1.84. The van der Waals surface area contributed by atoms with Crippen molar-refractivity contribution in [1.82, 2.24) is 9.61 Å². The summed E-state index contributed by atoms with van der Waals surface area (Å²) in [5.41, 5.74) is 1.01. The Hall–Kier alpha value is -1.31. The molecule has 0 bridgehead atoms. The van der Waals surface area contributed by atoms with Gasteiger partial charge in [0.2, 0.25) is 0 Å². The van der Waals surface area contributed by atoms with Gasteiger partial charge < -0.3 is 0 Å². The first-order chi connectivity index (χ1) is 4.47. The molecule has 2 aromatic rings. The first-order valence-corrected chi connectivity index (χ1v) is 2.77. The van der Waals surface area contributed by atoms with Crippen molar-refractivity contribution in [2.45, 2.75) is 0 Å². The van der Waals surface area contributed by atoms with Gasteiger partial charge in [-0.3, -0.25) is 0 Å². The van der Waals surface area contributed by atoms with E-state index in [2.05, 4.69) is 11.2 Å². The number of fused-ring (bicyclic) bond motifs is 1. The summed E-state index contributed by atoms with van der Waals surface area (Å²) in [7, 11) is 0. The van der Waals surface area contributed by atoms with E-state index in [0.717, 1.165) is 5.52 Å². The molecule has 9 heavy (non-hydrogen) atoms. The highest BCUT2D eigenvalue weighted by Gasteiger charge is 1.86. The van der Waals surface area contributed by atoms with E-state index in [9.17, 15) is 0 Å². The summed E-state index contributed by atoms with van der Waals surface area (Å²) in [6.45, 7) is 0. The summed E-state index contributed by atoms with van der Waals surface area (Å²) in [5, 5.41) is 4.03. The van der Waals surface area contributed by atoms with E-state index in [1.54, 1.807) is 16.8 Å². The van der Waals surface area contributed by atoms with Crippen molar-refractivity contribution in [3.63, 3.8) is 0 Å². The molecule has 0 atom stereocenters. The van der Waals surface area contributed by atoms with Gasteiger partial charge in [-0.2, -0.15) is 5.10 Å². The monoisotopic (exact) mass is 117 g/mol. The van der Waals surface area contributed by atoms with Gasteiger partial charge in [-0.25, -0.2) is 4.52 Å². The molecular formula is C7H5N2. The Balaban J connectivity index is 2.95. The maximum atomic E-state index is 4.03. The Morgan fingerprint density at radius 3 is 3.44 bits per heavy atom. The average Bonchev–Trinajstić information content (AvgIpc) is 2.33. The van der Waals surface area contributed by atoms with Crippen LogP contribution in [0.3, 0.4) is 0 Å². The smallest absolute Gasteiger partial charge is 0.0725 e. The van der Waals surface area contributed by atoms with E-state index in [1.165, 1.54) is 0 Å². The van der Waals surface area contributed by atoms with Gasteiger partial charge in [0.25, 0.3) is 0 Å². The van der Waals surface area contributed by atoms with Crippen LogP contribution in [0.4, 0.5) is 0 Å². The lowest BCUT2D eigenvalue weighted by molar-refractivity contribution is 0.940. The fourth-order valence-corrected chi connectivity index (χ4v) is 0.815. The van der Waals surface area contributed by atoms with Crippen LogP contribution in [0.1, 0.15) is 0 Å². The quantitative estimate of drug-likeness (QED) is 0.505. The van der Waals surface area contributed by atoms with E-state index in [1.807, 2.05) is 18.3 Å². The standard InChI is InChI=1S/C7H5N2/c1-3-7-4-2-6-9(7)8-5-1/h1-2,4-6H. The summed E-state index contributed by atoms with van der Waals surface area (Å²) in [6, 6.07) is 8.74. The number of nitrogens with zero attached hydrogens (tertiary/aromatic N) is 2. The van der Waals surface area contributed by atoms with Gasteiger partial charge in [0.05, 0.1) is 5.52 Å². The molecule has 0 N–H and O–H groups in total. The molecule has 0 fully saturated rings. The van der Waals surface area contributed by atoms with Crippen LogP contribution in [0.15, 0.2) is 30.6 Å². The molecule has 0 saturated heterocycles. The van der Waals surface area contributed by atoms with Gasteiger partial charge in [-0.05, 0) is 18.2 Å². The third kappa shape index (κ3) is 0.598. The van der Waals surface area contributed by atoms with Gasteiger partial charge in [-0.15, -0.1) is 0 Å². The normalized spacial score (nSPS) is 10.2. The predicted octanol–water partition coefficient (Wildman–Crippen LogP) is 1.13. The second-order valence-corrected chi connectivity index (χ2v) is 1.81. The van der Waals surface area contributed by atoms with Crippen molar-refractivity contribution < 1.29 is 0 Å². The summed E-state index contributed by atoms with van der Waals surface area (Å²) < 4.78 is 1.78. The molecule has 0 aromatic carbocycles. The van der Waals surface area contributed by atoms with E-state index >= 15 is 0 Å². The minimum absolute atomic E-state index is 1.01. The number of rotatable bonds is 0. The Labute approximate surface area is 52.7 Å². The SMILES string of the molecule is [c]1ccnn2cccc12. The van der Waals surface area contributed by atoms with Crippen LogP contribution in [0.5, 0.6) is 0 Å². The topological polar surface area (TPSA) is 17.3 Å². The molecule has 2 heterocycles. The highest BCUT2D eigenvalue weighted by Crippen LogP contribution is 1.97. The van der Waals surface area contributed by atoms with E-state index in [0.29, 0.717) is 0 Å². The largest absolute Gasteiger partial charge is 0.240 e. The Kier molecular flexibility index (Phi) is 0.803. The Morgan fingerprint density at radius 1 is 1.56 bits per heavy atom. The molecule has 0 unspecified atom stereocenters. The molecule has 43 valence electrons. The summed E-state index contributed by atoms with van der Waals surface area (Å²) in [6.07, 6.45) is 3.61. The van der Waals surface area contributed by atoms with Crippen molar-refractivity contribution in [2.75, 3.05) is 0 Å². The minimum Gasteiger partial charge on any atom is -0.240 e. The van der Waals surface area contributed by atoms with E-state index < -0.39 is 0 Å². The van der Waals surface area contributed by atoms with Gasteiger partial charge in [-0.1, -0.05) is 0 Å². The van der Waals surface area contributed by atoms with Crippen LogP contribution >= 0.6 is 0 Å². The van der Waals surface area contributed by atoms with Crippen molar-refractivity contribution in [2.24, 2.45) is 0 Å². The van der Waals surface area contributed by atoms with Gasteiger partial charge in [0.15, 0.2) is 0 Å². The molecule has 0 spiro atoms.